The zero-order valence-corrected chi connectivity index (χ0v) is 15.0. The van der Waals surface area contributed by atoms with Crippen molar-refractivity contribution in [2.45, 2.75) is 12.5 Å². The van der Waals surface area contributed by atoms with Crippen molar-refractivity contribution < 1.29 is 14.0 Å². The van der Waals surface area contributed by atoms with E-state index in [4.69, 9.17) is 0 Å². The van der Waals surface area contributed by atoms with Crippen LogP contribution >= 0.6 is 0 Å². The molecule has 0 bridgehead atoms. The zero-order valence-electron chi connectivity index (χ0n) is 15.0. The van der Waals surface area contributed by atoms with Gasteiger partial charge < -0.3 is 10.6 Å². The second-order valence-electron chi connectivity index (χ2n) is 6.59. The summed E-state index contributed by atoms with van der Waals surface area (Å²) in [4.78, 5) is 29.4. The summed E-state index contributed by atoms with van der Waals surface area (Å²) in [7, 11) is 0. The Morgan fingerprint density at radius 3 is 2.75 bits per heavy atom. The number of amides is 2. The van der Waals surface area contributed by atoms with Crippen molar-refractivity contribution in [1.82, 2.24) is 15.6 Å². The number of pyridine rings is 1. The minimum absolute atomic E-state index is 0.234. The molecule has 5 nitrogen and oxygen atoms in total. The van der Waals surface area contributed by atoms with Crippen LogP contribution in [0.2, 0.25) is 0 Å². The number of halogens is 1. The lowest BCUT2D eigenvalue weighted by atomic mass is 9.99. The van der Waals surface area contributed by atoms with Crippen LogP contribution in [-0.2, 0) is 11.2 Å². The highest BCUT2D eigenvalue weighted by Gasteiger charge is 2.27. The van der Waals surface area contributed by atoms with Crippen molar-refractivity contribution in [1.29, 1.82) is 0 Å². The topological polar surface area (TPSA) is 71.1 Å². The average Bonchev–Trinajstić information content (AvgIpc) is 2.87. The molecule has 1 aliphatic heterocycles. The maximum Gasteiger partial charge on any atom is 0.253 e. The van der Waals surface area contributed by atoms with Gasteiger partial charge in [-0.15, -0.1) is 0 Å². The van der Waals surface area contributed by atoms with Crippen LogP contribution in [0, 0.1) is 5.82 Å². The molecule has 0 spiro atoms. The van der Waals surface area contributed by atoms with Gasteiger partial charge in [0.25, 0.3) is 5.91 Å². The minimum atomic E-state index is -0.755. The summed E-state index contributed by atoms with van der Waals surface area (Å²) in [6.45, 7) is 0.534. The molecule has 2 heterocycles. The van der Waals surface area contributed by atoms with Crippen molar-refractivity contribution >= 4 is 11.8 Å². The Kier molecular flexibility index (Phi) is 4.85. The summed E-state index contributed by atoms with van der Waals surface area (Å²) >= 11 is 0. The standard InChI is InChI=1S/C22H18FN3O2/c23-17-6-3-5-15(12-17)19-9-8-16(13-25-19)21(27)26-20-18-7-2-1-4-14(18)10-11-24-22(20)28/h1-9,12-13,20H,10-11H2,(H,24,28)(H,26,27). The summed E-state index contributed by atoms with van der Waals surface area (Å²) in [5, 5.41) is 5.63. The van der Waals surface area contributed by atoms with E-state index in [0.29, 0.717) is 23.4 Å². The highest BCUT2D eigenvalue weighted by atomic mass is 19.1. The maximum absolute atomic E-state index is 13.4. The molecule has 2 N–H and O–H groups in total. The predicted octanol–water partition coefficient (Wildman–Crippen LogP) is 3.03. The van der Waals surface area contributed by atoms with E-state index < -0.39 is 11.9 Å². The van der Waals surface area contributed by atoms with Gasteiger partial charge in [0.05, 0.1) is 11.3 Å². The first-order valence-electron chi connectivity index (χ1n) is 9.00. The van der Waals surface area contributed by atoms with E-state index in [0.717, 1.165) is 17.5 Å². The molecule has 1 aromatic heterocycles. The number of aromatic nitrogens is 1. The molecule has 28 heavy (non-hydrogen) atoms. The third-order valence-electron chi connectivity index (χ3n) is 4.74. The molecule has 2 amide bonds. The minimum Gasteiger partial charge on any atom is -0.354 e. The van der Waals surface area contributed by atoms with E-state index in [1.807, 2.05) is 24.3 Å². The van der Waals surface area contributed by atoms with Gasteiger partial charge in [-0.25, -0.2) is 4.39 Å². The Balaban J connectivity index is 1.56. The van der Waals surface area contributed by atoms with Crippen LogP contribution in [-0.4, -0.2) is 23.3 Å². The molecule has 0 saturated carbocycles. The van der Waals surface area contributed by atoms with E-state index in [1.54, 1.807) is 24.3 Å². The second kappa shape index (κ2) is 7.60. The molecule has 140 valence electrons. The molecule has 3 aromatic rings. The fourth-order valence-electron chi connectivity index (χ4n) is 3.31. The molecule has 4 rings (SSSR count). The Morgan fingerprint density at radius 2 is 1.96 bits per heavy atom. The van der Waals surface area contributed by atoms with E-state index in [2.05, 4.69) is 15.6 Å². The van der Waals surface area contributed by atoms with Gasteiger partial charge >= 0.3 is 0 Å². The lowest BCUT2D eigenvalue weighted by Crippen LogP contribution is -2.39. The highest BCUT2D eigenvalue weighted by Crippen LogP contribution is 2.22. The molecule has 1 atom stereocenters. The molecular weight excluding hydrogens is 357 g/mol. The van der Waals surface area contributed by atoms with Crippen molar-refractivity contribution in [3.8, 4) is 11.3 Å². The molecule has 2 aromatic carbocycles. The molecule has 0 fully saturated rings. The Labute approximate surface area is 161 Å². The number of nitrogens with one attached hydrogen (secondary N) is 2. The van der Waals surface area contributed by atoms with Crippen LogP contribution in [0.4, 0.5) is 4.39 Å². The number of hydrogen-bond donors (Lipinski definition) is 2. The number of hydrogen-bond acceptors (Lipinski definition) is 3. The summed E-state index contributed by atoms with van der Waals surface area (Å²) in [5.74, 6) is -0.975. The Morgan fingerprint density at radius 1 is 1.11 bits per heavy atom. The first kappa shape index (κ1) is 17.9. The summed E-state index contributed by atoms with van der Waals surface area (Å²) in [6.07, 6.45) is 2.15. The highest BCUT2D eigenvalue weighted by molar-refractivity contribution is 5.98. The molecule has 1 unspecified atom stereocenters. The van der Waals surface area contributed by atoms with Gasteiger partial charge in [0, 0.05) is 18.3 Å². The van der Waals surface area contributed by atoms with Crippen LogP contribution in [0.25, 0.3) is 11.3 Å². The lowest BCUT2D eigenvalue weighted by Gasteiger charge is -2.18. The number of nitrogens with zero attached hydrogens (tertiary/aromatic N) is 1. The third kappa shape index (κ3) is 3.62. The summed E-state index contributed by atoms with van der Waals surface area (Å²) in [6, 6.07) is 16.2. The average molecular weight is 375 g/mol. The van der Waals surface area contributed by atoms with Gasteiger partial charge in [0.2, 0.25) is 5.91 Å². The van der Waals surface area contributed by atoms with Crippen LogP contribution < -0.4 is 10.6 Å². The van der Waals surface area contributed by atoms with Crippen LogP contribution in [0.5, 0.6) is 0 Å². The number of rotatable bonds is 3. The lowest BCUT2D eigenvalue weighted by molar-refractivity contribution is -0.122. The first-order chi connectivity index (χ1) is 13.6. The zero-order chi connectivity index (χ0) is 19.5. The maximum atomic E-state index is 13.4. The van der Waals surface area contributed by atoms with Crippen molar-refractivity contribution in [2.75, 3.05) is 6.54 Å². The fourth-order valence-corrected chi connectivity index (χ4v) is 3.31. The molecule has 1 aliphatic rings. The van der Waals surface area contributed by atoms with Gasteiger partial charge in [0.15, 0.2) is 0 Å². The van der Waals surface area contributed by atoms with Gasteiger partial charge in [-0.3, -0.25) is 14.6 Å². The van der Waals surface area contributed by atoms with E-state index in [1.165, 1.54) is 18.3 Å². The van der Waals surface area contributed by atoms with Crippen molar-refractivity contribution in [3.05, 3.63) is 89.4 Å². The first-order valence-corrected chi connectivity index (χ1v) is 9.00. The normalized spacial score (nSPS) is 15.9. The van der Waals surface area contributed by atoms with E-state index in [-0.39, 0.29) is 11.7 Å². The van der Waals surface area contributed by atoms with Gasteiger partial charge in [-0.2, -0.15) is 0 Å². The van der Waals surface area contributed by atoms with Gasteiger partial charge in [-0.05, 0) is 41.8 Å². The second-order valence-corrected chi connectivity index (χ2v) is 6.59. The number of carbonyl (C=O) groups is 2. The fraction of sp³-hybridized carbons (Fsp3) is 0.136. The Bertz CT molecular complexity index is 1030. The van der Waals surface area contributed by atoms with Gasteiger partial charge in [-0.1, -0.05) is 36.4 Å². The number of benzene rings is 2. The monoisotopic (exact) mass is 375 g/mol. The van der Waals surface area contributed by atoms with E-state index >= 15 is 0 Å². The molecule has 0 aliphatic carbocycles. The van der Waals surface area contributed by atoms with E-state index in [9.17, 15) is 14.0 Å². The molecule has 0 radical (unpaired) electrons. The van der Waals surface area contributed by atoms with Gasteiger partial charge in [0.1, 0.15) is 11.9 Å². The molecular formula is C22H18FN3O2. The number of fused-ring (bicyclic) bond motifs is 1. The van der Waals surface area contributed by atoms with Crippen LogP contribution in [0.3, 0.4) is 0 Å². The summed E-state index contributed by atoms with van der Waals surface area (Å²) < 4.78 is 13.4. The predicted molar refractivity (Wildman–Crippen MR) is 103 cm³/mol. The van der Waals surface area contributed by atoms with Crippen LogP contribution in [0.1, 0.15) is 27.5 Å². The molecule has 0 saturated heterocycles. The van der Waals surface area contributed by atoms with Crippen LogP contribution in [0.15, 0.2) is 66.9 Å². The number of carbonyl (C=O) groups excluding carboxylic acids is 2. The quantitative estimate of drug-likeness (QED) is 0.739. The summed E-state index contributed by atoms with van der Waals surface area (Å²) in [5.41, 5.74) is 3.35. The third-order valence-corrected chi connectivity index (χ3v) is 4.74. The smallest absolute Gasteiger partial charge is 0.253 e. The van der Waals surface area contributed by atoms with Crippen molar-refractivity contribution in [3.63, 3.8) is 0 Å². The molecule has 6 heteroatoms. The van der Waals surface area contributed by atoms with Crippen molar-refractivity contribution in [2.24, 2.45) is 0 Å². The largest absolute Gasteiger partial charge is 0.354 e. The SMILES string of the molecule is O=C(NC1C(=O)NCCc2ccccc21)c1ccc(-c2cccc(F)c2)nc1. The Hall–Kier alpha value is -3.54.